The normalized spacial score (nSPS) is 14.3. The highest BCUT2D eigenvalue weighted by Crippen LogP contribution is 2.18. The van der Waals surface area contributed by atoms with E-state index >= 15 is 0 Å². The number of nitrogens with two attached hydrogens (primary N) is 1. The fraction of sp³-hybridized carbons (Fsp3) is 0.312. The van der Waals surface area contributed by atoms with Gasteiger partial charge in [-0.1, -0.05) is 36.4 Å². The van der Waals surface area contributed by atoms with Crippen molar-refractivity contribution in [2.24, 2.45) is 5.73 Å². The van der Waals surface area contributed by atoms with E-state index in [1.807, 2.05) is 30.5 Å². The molecule has 1 atom stereocenters. The van der Waals surface area contributed by atoms with Gasteiger partial charge in [0.05, 0.1) is 5.54 Å². The van der Waals surface area contributed by atoms with Crippen LogP contribution in [0.25, 0.3) is 0 Å². The molecule has 100 valence electrons. The van der Waals surface area contributed by atoms with Gasteiger partial charge in [-0.2, -0.15) is 0 Å². The van der Waals surface area contributed by atoms with E-state index in [4.69, 9.17) is 5.73 Å². The predicted octanol–water partition coefficient (Wildman–Crippen LogP) is 2.39. The van der Waals surface area contributed by atoms with Crippen LogP contribution in [0.5, 0.6) is 0 Å². The van der Waals surface area contributed by atoms with E-state index in [9.17, 15) is 0 Å². The van der Waals surface area contributed by atoms with E-state index in [0.717, 1.165) is 18.7 Å². The molecule has 2 N–H and O–H groups in total. The van der Waals surface area contributed by atoms with Crippen LogP contribution in [0.1, 0.15) is 18.1 Å². The molecule has 0 saturated heterocycles. The first-order chi connectivity index (χ1) is 9.08. The van der Waals surface area contributed by atoms with Crippen LogP contribution in [-0.4, -0.2) is 23.5 Å². The minimum atomic E-state index is -0.349. The van der Waals surface area contributed by atoms with Gasteiger partial charge < -0.3 is 5.73 Å². The first kappa shape index (κ1) is 13.7. The summed E-state index contributed by atoms with van der Waals surface area (Å²) in [6, 6.07) is 14.3. The van der Waals surface area contributed by atoms with Crippen LogP contribution in [0.15, 0.2) is 54.9 Å². The highest BCUT2D eigenvalue weighted by molar-refractivity contribution is 5.23. The second-order valence-electron chi connectivity index (χ2n) is 5.32. The molecule has 0 aliphatic carbocycles. The van der Waals surface area contributed by atoms with Crippen molar-refractivity contribution in [3.8, 4) is 0 Å². The van der Waals surface area contributed by atoms with Crippen LogP contribution in [-0.2, 0) is 12.1 Å². The fourth-order valence-corrected chi connectivity index (χ4v) is 2.33. The molecule has 2 rings (SSSR count). The number of benzene rings is 1. The van der Waals surface area contributed by atoms with Crippen LogP contribution in [0.2, 0.25) is 0 Å². The summed E-state index contributed by atoms with van der Waals surface area (Å²) in [7, 11) is 2.08. The van der Waals surface area contributed by atoms with Crippen molar-refractivity contribution in [1.82, 2.24) is 9.88 Å². The van der Waals surface area contributed by atoms with Crippen LogP contribution in [0.3, 0.4) is 0 Å². The van der Waals surface area contributed by atoms with Crippen LogP contribution in [0, 0.1) is 0 Å². The second-order valence-corrected chi connectivity index (χ2v) is 5.32. The molecule has 3 nitrogen and oxygen atoms in total. The fourth-order valence-electron chi connectivity index (χ4n) is 2.33. The summed E-state index contributed by atoms with van der Waals surface area (Å²) in [5.74, 6) is 0. The molecule has 0 saturated carbocycles. The Bertz CT molecular complexity index is 494. The third-order valence-corrected chi connectivity index (χ3v) is 3.21. The zero-order chi connectivity index (χ0) is 13.7. The maximum atomic E-state index is 6.44. The standard InChI is InChI=1S/C16H21N3/c1-16(17,15-8-4-3-5-9-15)13-19(2)12-14-7-6-10-18-11-14/h3-11H,12-13,17H2,1-2H3. The molecule has 1 unspecified atom stereocenters. The van der Waals surface area contributed by atoms with E-state index in [2.05, 4.69) is 42.1 Å². The zero-order valence-electron chi connectivity index (χ0n) is 11.6. The maximum Gasteiger partial charge on any atom is 0.0509 e. The summed E-state index contributed by atoms with van der Waals surface area (Å²) in [5, 5.41) is 0. The maximum absolute atomic E-state index is 6.44. The Kier molecular flexibility index (Phi) is 4.30. The molecule has 1 heterocycles. The summed E-state index contributed by atoms with van der Waals surface area (Å²) >= 11 is 0. The predicted molar refractivity (Wildman–Crippen MR) is 78.6 cm³/mol. The van der Waals surface area contributed by atoms with Crippen molar-refractivity contribution in [3.05, 3.63) is 66.0 Å². The van der Waals surface area contributed by atoms with Gasteiger partial charge >= 0.3 is 0 Å². The number of hydrogen-bond donors (Lipinski definition) is 1. The lowest BCUT2D eigenvalue weighted by Gasteiger charge is -2.30. The van der Waals surface area contributed by atoms with Crippen molar-refractivity contribution in [2.75, 3.05) is 13.6 Å². The van der Waals surface area contributed by atoms with Crippen molar-refractivity contribution >= 4 is 0 Å². The summed E-state index contributed by atoms with van der Waals surface area (Å²) in [4.78, 5) is 6.36. The molecule has 0 fully saturated rings. The molecule has 0 bridgehead atoms. The average molecular weight is 255 g/mol. The molecule has 2 aromatic rings. The summed E-state index contributed by atoms with van der Waals surface area (Å²) < 4.78 is 0. The van der Waals surface area contributed by atoms with Crippen LogP contribution in [0.4, 0.5) is 0 Å². The third-order valence-electron chi connectivity index (χ3n) is 3.21. The summed E-state index contributed by atoms with van der Waals surface area (Å²) in [6.45, 7) is 3.72. The zero-order valence-corrected chi connectivity index (χ0v) is 11.6. The lowest BCUT2D eigenvalue weighted by Crippen LogP contribution is -2.43. The molecule has 0 radical (unpaired) electrons. The molecule has 1 aromatic carbocycles. The van der Waals surface area contributed by atoms with E-state index in [-0.39, 0.29) is 5.54 Å². The van der Waals surface area contributed by atoms with Crippen molar-refractivity contribution in [2.45, 2.75) is 19.0 Å². The summed E-state index contributed by atoms with van der Waals surface area (Å²) in [6.07, 6.45) is 3.69. The Balaban J connectivity index is 2.00. The number of likely N-dealkylation sites (N-methyl/N-ethyl adjacent to an activating group) is 1. The first-order valence-electron chi connectivity index (χ1n) is 6.50. The van der Waals surface area contributed by atoms with E-state index in [1.165, 1.54) is 5.56 Å². The summed E-state index contributed by atoms with van der Waals surface area (Å²) in [5.41, 5.74) is 8.45. The van der Waals surface area contributed by atoms with Crippen LogP contribution >= 0.6 is 0 Å². The highest BCUT2D eigenvalue weighted by atomic mass is 15.1. The smallest absolute Gasteiger partial charge is 0.0509 e. The van der Waals surface area contributed by atoms with Gasteiger partial charge in [0.15, 0.2) is 0 Å². The molecule has 19 heavy (non-hydrogen) atoms. The minimum Gasteiger partial charge on any atom is -0.321 e. The SMILES string of the molecule is CN(Cc1cccnc1)CC(C)(N)c1ccccc1. The Morgan fingerprint density at radius 1 is 1.16 bits per heavy atom. The topological polar surface area (TPSA) is 42.2 Å². The molecule has 0 aliphatic heterocycles. The Labute approximate surface area is 115 Å². The van der Waals surface area contributed by atoms with Gasteiger partial charge in [-0.25, -0.2) is 0 Å². The van der Waals surface area contributed by atoms with Crippen molar-refractivity contribution in [3.63, 3.8) is 0 Å². The van der Waals surface area contributed by atoms with E-state index in [1.54, 1.807) is 6.20 Å². The molecule has 1 aromatic heterocycles. The highest BCUT2D eigenvalue weighted by Gasteiger charge is 2.22. The largest absolute Gasteiger partial charge is 0.321 e. The lowest BCUT2D eigenvalue weighted by atomic mass is 9.92. The van der Waals surface area contributed by atoms with E-state index < -0.39 is 0 Å². The molecule has 0 aliphatic rings. The molecule has 0 spiro atoms. The monoisotopic (exact) mass is 255 g/mol. The van der Waals surface area contributed by atoms with Gasteiger partial charge in [-0.05, 0) is 31.2 Å². The number of nitrogens with zero attached hydrogens (tertiary/aromatic N) is 2. The minimum absolute atomic E-state index is 0.349. The van der Waals surface area contributed by atoms with Crippen molar-refractivity contribution < 1.29 is 0 Å². The van der Waals surface area contributed by atoms with Gasteiger partial charge in [0.2, 0.25) is 0 Å². The Morgan fingerprint density at radius 2 is 1.89 bits per heavy atom. The number of pyridine rings is 1. The molecular formula is C16H21N3. The van der Waals surface area contributed by atoms with Crippen molar-refractivity contribution in [1.29, 1.82) is 0 Å². The molecule has 3 heteroatoms. The Morgan fingerprint density at radius 3 is 2.53 bits per heavy atom. The second kappa shape index (κ2) is 5.95. The molecular weight excluding hydrogens is 234 g/mol. The van der Waals surface area contributed by atoms with E-state index in [0.29, 0.717) is 0 Å². The van der Waals surface area contributed by atoms with Gasteiger partial charge in [0.25, 0.3) is 0 Å². The quantitative estimate of drug-likeness (QED) is 0.892. The van der Waals surface area contributed by atoms with Gasteiger partial charge in [0, 0.05) is 25.5 Å². The third kappa shape index (κ3) is 3.88. The lowest BCUT2D eigenvalue weighted by molar-refractivity contribution is 0.252. The van der Waals surface area contributed by atoms with Gasteiger partial charge in [-0.15, -0.1) is 0 Å². The number of hydrogen-bond acceptors (Lipinski definition) is 3. The molecule has 0 amide bonds. The number of aromatic nitrogens is 1. The average Bonchev–Trinajstić information content (AvgIpc) is 2.40. The Hall–Kier alpha value is -1.71. The van der Waals surface area contributed by atoms with Crippen LogP contribution < -0.4 is 5.73 Å². The number of rotatable bonds is 5. The van der Waals surface area contributed by atoms with Gasteiger partial charge in [-0.3, -0.25) is 9.88 Å². The van der Waals surface area contributed by atoms with Gasteiger partial charge in [0.1, 0.15) is 0 Å². The first-order valence-corrected chi connectivity index (χ1v) is 6.50.